The van der Waals surface area contributed by atoms with Gasteiger partial charge in [0.1, 0.15) is 17.7 Å². The topological polar surface area (TPSA) is 63.4 Å². The summed E-state index contributed by atoms with van der Waals surface area (Å²) in [6, 6.07) is 11.2. The normalized spacial score (nSPS) is 13.0. The van der Waals surface area contributed by atoms with E-state index in [-0.39, 0.29) is 5.56 Å². The summed E-state index contributed by atoms with van der Waals surface area (Å²) in [7, 11) is 0. The van der Waals surface area contributed by atoms with Crippen molar-refractivity contribution in [2.75, 3.05) is 0 Å². The molecule has 144 valence electrons. The van der Waals surface area contributed by atoms with Crippen molar-refractivity contribution >= 4 is 23.2 Å². The molecule has 2 aromatic carbocycles. The summed E-state index contributed by atoms with van der Waals surface area (Å²) >= 11 is 1.36. The molecule has 2 N–H and O–H groups in total. The predicted molar refractivity (Wildman–Crippen MR) is 104 cm³/mol. The Labute approximate surface area is 165 Å². The van der Waals surface area contributed by atoms with Crippen LogP contribution in [0.5, 0.6) is 0 Å². The van der Waals surface area contributed by atoms with E-state index in [1.54, 1.807) is 54.1 Å². The van der Waals surface area contributed by atoms with Crippen molar-refractivity contribution in [1.82, 2.24) is 4.90 Å². The fourth-order valence-corrected chi connectivity index (χ4v) is 3.79. The van der Waals surface area contributed by atoms with Gasteiger partial charge >= 0.3 is 0 Å². The van der Waals surface area contributed by atoms with Crippen LogP contribution in [0, 0.1) is 11.6 Å². The number of halogens is 2. The van der Waals surface area contributed by atoms with Crippen LogP contribution in [0.15, 0.2) is 65.4 Å². The van der Waals surface area contributed by atoms with Gasteiger partial charge in [-0.25, -0.2) is 8.78 Å². The molecule has 0 saturated carbocycles. The van der Waals surface area contributed by atoms with Gasteiger partial charge in [0, 0.05) is 11.6 Å². The molecule has 2 amide bonds. The average molecular weight is 400 g/mol. The Kier molecular flexibility index (Phi) is 5.84. The molecule has 0 aliphatic rings. The van der Waals surface area contributed by atoms with Crippen LogP contribution < -0.4 is 5.73 Å². The lowest BCUT2D eigenvalue weighted by molar-refractivity contribution is -0.123. The van der Waals surface area contributed by atoms with Gasteiger partial charge in [0.2, 0.25) is 5.91 Å². The quantitative estimate of drug-likeness (QED) is 0.664. The SMILES string of the molecule is C[C@H](c1cc(F)cc(F)c1)N(C(=O)c1ccccc1)[C@H](C(N)=O)c1ccsc1. The van der Waals surface area contributed by atoms with Crippen LogP contribution in [0.3, 0.4) is 0 Å². The number of carbonyl (C=O) groups excluding carboxylic acids is 2. The van der Waals surface area contributed by atoms with Gasteiger partial charge in [0.15, 0.2) is 0 Å². The number of thiophene rings is 1. The van der Waals surface area contributed by atoms with Crippen molar-refractivity contribution in [2.45, 2.75) is 19.0 Å². The maximum absolute atomic E-state index is 13.8. The fourth-order valence-electron chi connectivity index (χ4n) is 3.12. The van der Waals surface area contributed by atoms with E-state index in [0.717, 1.165) is 18.2 Å². The Morgan fingerprint density at radius 1 is 1.00 bits per heavy atom. The van der Waals surface area contributed by atoms with Crippen LogP contribution in [-0.4, -0.2) is 16.7 Å². The minimum atomic E-state index is -1.08. The van der Waals surface area contributed by atoms with Gasteiger partial charge in [-0.05, 0) is 59.1 Å². The van der Waals surface area contributed by atoms with Crippen molar-refractivity contribution in [3.63, 3.8) is 0 Å². The summed E-state index contributed by atoms with van der Waals surface area (Å²) in [6.07, 6.45) is 0. The van der Waals surface area contributed by atoms with Crippen molar-refractivity contribution in [2.24, 2.45) is 5.73 Å². The van der Waals surface area contributed by atoms with E-state index in [4.69, 9.17) is 5.73 Å². The summed E-state index contributed by atoms with van der Waals surface area (Å²) < 4.78 is 27.6. The maximum atomic E-state index is 13.8. The van der Waals surface area contributed by atoms with E-state index in [2.05, 4.69) is 0 Å². The molecule has 1 aromatic heterocycles. The van der Waals surface area contributed by atoms with Crippen molar-refractivity contribution in [3.05, 3.63) is 93.7 Å². The Balaban J connectivity index is 2.13. The standard InChI is InChI=1S/C21H18F2N2O2S/c1-13(16-9-17(22)11-18(23)10-16)25(21(27)14-5-3-2-4-6-14)19(20(24)26)15-7-8-28-12-15/h2-13,19H,1H3,(H2,24,26)/t13-,19+/m1/s1. The lowest BCUT2D eigenvalue weighted by Gasteiger charge is -2.35. The average Bonchev–Trinajstić information content (AvgIpc) is 3.18. The zero-order chi connectivity index (χ0) is 20.3. The second-order valence-electron chi connectivity index (χ2n) is 6.32. The van der Waals surface area contributed by atoms with E-state index < -0.39 is 35.5 Å². The first-order valence-corrected chi connectivity index (χ1v) is 9.48. The van der Waals surface area contributed by atoms with Gasteiger partial charge in [-0.2, -0.15) is 11.3 Å². The van der Waals surface area contributed by atoms with Gasteiger partial charge in [-0.15, -0.1) is 0 Å². The third-order valence-electron chi connectivity index (χ3n) is 4.45. The molecule has 0 fully saturated rings. The lowest BCUT2D eigenvalue weighted by Crippen LogP contribution is -2.43. The predicted octanol–water partition coefficient (Wildman–Crippen LogP) is 4.46. The number of carbonyl (C=O) groups is 2. The zero-order valence-electron chi connectivity index (χ0n) is 15.0. The molecule has 0 radical (unpaired) electrons. The second-order valence-corrected chi connectivity index (χ2v) is 7.10. The third kappa shape index (κ3) is 4.09. The number of nitrogens with zero attached hydrogens (tertiary/aromatic N) is 1. The number of amides is 2. The van der Waals surface area contributed by atoms with Crippen LogP contribution in [0.2, 0.25) is 0 Å². The van der Waals surface area contributed by atoms with Gasteiger partial charge < -0.3 is 10.6 Å². The van der Waals surface area contributed by atoms with Gasteiger partial charge in [0.05, 0.1) is 6.04 Å². The largest absolute Gasteiger partial charge is 0.368 e. The Bertz CT molecular complexity index is 957. The number of hydrogen-bond donors (Lipinski definition) is 1. The molecule has 0 bridgehead atoms. The van der Waals surface area contributed by atoms with Crippen molar-refractivity contribution in [1.29, 1.82) is 0 Å². The molecule has 28 heavy (non-hydrogen) atoms. The van der Waals surface area contributed by atoms with Crippen molar-refractivity contribution in [3.8, 4) is 0 Å². The number of rotatable bonds is 6. The van der Waals surface area contributed by atoms with E-state index >= 15 is 0 Å². The lowest BCUT2D eigenvalue weighted by atomic mass is 9.99. The molecule has 7 heteroatoms. The molecular weight excluding hydrogens is 382 g/mol. The van der Waals surface area contributed by atoms with Crippen LogP contribution >= 0.6 is 11.3 Å². The highest BCUT2D eigenvalue weighted by Crippen LogP contribution is 2.33. The van der Waals surface area contributed by atoms with E-state index in [1.165, 1.54) is 16.2 Å². The first kappa shape index (κ1) is 19.7. The van der Waals surface area contributed by atoms with E-state index in [9.17, 15) is 18.4 Å². The Morgan fingerprint density at radius 2 is 1.64 bits per heavy atom. The van der Waals surface area contributed by atoms with Gasteiger partial charge in [-0.1, -0.05) is 18.2 Å². The minimum Gasteiger partial charge on any atom is -0.368 e. The highest BCUT2D eigenvalue weighted by atomic mass is 32.1. The minimum absolute atomic E-state index is 0.225. The molecular formula is C21H18F2N2O2S. The van der Waals surface area contributed by atoms with Crippen LogP contribution in [0.1, 0.15) is 40.5 Å². The summed E-state index contributed by atoms with van der Waals surface area (Å²) in [5, 5.41) is 3.49. The summed E-state index contributed by atoms with van der Waals surface area (Å²) in [5.74, 6) is -2.72. The van der Waals surface area contributed by atoms with E-state index in [0.29, 0.717) is 11.1 Å². The fraction of sp³-hybridized carbons (Fsp3) is 0.143. The molecule has 0 aliphatic carbocycles. The number of benzene rings is 2. The third-order valence-corrected chi connectivity index (χ3v) is 5.15. The highest BCUT2D eigenvalue weighted by molar-refractivity contribution is 7.08. The van der Waals surface area contributed by atoms with Crippen molar-refractivity contribution < 1.29 is 18.4 Å². The smallest absolute Gasteiger partial charge is 0.255 e. The first-order valence-electron chi connectivity index (χ1n) is 8.53. The molecule has 3 rings (SSSR count). The van der Waals surface area contributed by atoms with Crippen LogP contribution in [0.25, 0.3) is 0 Å². The molecule has 3 aromatic rings. The molecule has 2 atom stereocenters. The molecule has 0 aliphatic heterocycles. The zero-order valence-corrected chi connectivity index (χ0v) is 15.8. The van der Waals surface area contributed by atoms with Gasteiger partial charge in [0.25, 0.3) is 5.91 Å². The molecule has 0 unspecified atom stereocenters. The number of nitrogens with two attached hydrogens (primary N) is 1. The summed E-state index contributed by atoms with van der Waals surface area (Å²) in [5.41, 5.74) is 6.76. The second kappa shape index (κ2) is 8.31. The number of hydrogen-bond acceptors (Lipinski definition) is 3. The molecule has 1 heterocycles. The van der Waals surface area contributed by atoms with Crippen LogP contribution in [0.4, 0.5) is 8.78 Å². The maximum Gasteiger partial charge on any atom is 0.255 e. The first-order chi connectivity index (χ1) is 13.4. The van der Waals surface area contributed by atoms with Crippen LogP contribution in [-0.2, 0) is 4.79 Å². The number of primary amides is 1. The summed E-state index contributed by atoms with van der Waals surface area (Å²) in [6.45, 7) is 1.61. The Morgan fingerprint density at radius 3 is 2.18 bits per heavy atom. The highest BCUT2D eigenvalue weighted by Gasteiger charge is 2.35. The summed E-state index contributed by atoms with van der Waals surface area (Å²) in [4.78, 5) is 26.9. The van der Waals surface area contributed by atoms with E-state index in [1.807, 2.05) is 0 Å². The molecule has 4 nitrogen and oxygen atoms in total. The monoisotopic (exact) mass is 400 g/mol. The Hall–Kier alpha value is -3.06. The molecule has 0 saturated heterocycles. The van der Waals surface area contributed by atoms with Gasteiger partial charge in [-0.3, -0.25) is 9.59 Å². The molecule has 0 spiro atoms.